The highest BCUT2D eigenvalue weighted by Gasteiger charge is 2.26. The second-order valence-electron chi connectivity index (χ2n) is 7.97. The molecule has 0 aliphatic heterocycles. The first-order valence-corrected chi connectivity index (χ1v) is 10.3. The third-order valence-electron chi connectivity index (χ3n) is 6.01. The standard InChI is InChI=1S/C23H30N2O3/c1-16-20(23(27)28)15-21(18-10-6-3-7-11-18)25(16)19(12-13-22(24)26)14-17-8-4-2-5-9-17/h3,6-7,10-11,15,17,19H,2,4-5,8-9,12-14H2,1H3,(H2,24,26)(H,27,28). The quantitative estimate of drug-likeness (QED) is 0.678. The van der Waals surface area contributed by atoms with Gasteiger partial charge in [-0.1, -0.05) is 62.4 Å². The van der Waals surface area contributed by atoms with Gasteiger partial charge in [-0.3, -0.25) is 4.79 Å². The van der Waals surface area contributed by atoms with E-state index in [9.17, 15) is 14.7 Å². The van der Waals surface area contributed by atoms with Crippen molar-refractivity contribution in [3.05, 3.63) is 47.7 Å². The molecule has 5 heteroatoms. The fraction of sp³-hybridized carbons (Fsp3) is 0.478. The van der Waals surface area contributed by atoms with E-state index in [0.29, 0.717) is 24.3 Å². The molecule has 1 aromatic heterocycles. The lowest BCUT2D eigenvalue weighted by Crippen LogP contribution is -2.21. The zero-order chi connectivity index (χ0) is 20.1. The van der Waals surface area contributed by atoms with Crippen LogP contribution in [0.25, 0.3) is 11.3 Å². The Morgan fingerprint density at radius 3 is 2.46 bits per heavy atom. The number of carboxylic acid groups (broad SMARTS) is 1. The number of carbonyl (C=O) groups excluding carboxylic acids is 1. The number of amides is 1. The van der Waals surface area contributed by atoms with E-state index < -0.39 is 5.97 Å². The number of nitrogens with two attached hydrogens (primary N) is 1. The van der Waals surface area contributed by atoms with E-state index in [1.54, 1.807) is 6.07 Å². The van der Waals surface area contributed by atoms with Crippen molar-refractivity contribution in [3.63, 3.8) is 0 Å². The van der Waals surface area contributed by atoms with Crippen LogP contribution in [-0.4, -0.2) is 21.6 Å². The summed E-state index contributed by atoms with van der Waals surface area (Å²) in [4.78, 5) is 23.3. The van der Waals surface area contributed by atoms with Crippen LogP contribution in [0.15, 0.2) is 36.4 Å². The highest BCUT2D eigenvalue weighted by atomic mass is 16.4. The summed E-state index contributed by atoms with van der Waals surface area (Å²) in [6.45, 7) is 1.87. The highest BCUT2D eigenvalue weighted by molar-refractivity contribution is 5.91. The Kier molecular flexibility index (Phi) is 6.55. The average molecular weight is 383 g/mol. The normalized spacial score (nSPS) is 16.0. The van der Waals surface area contributed by atoms with Gasteiger partial charge in [-0.15, -0.1) is 0 Å². The summed E-state index contributed by atoms with van der Waals surface area (Å²) in [5.74, 6) is -0.608. The number of primary amides is 1. The molecule has 2 aromatic rings. The first-order valence-electron chi connectivity index (χ1n) is 10.3. The molecule has 3 N–H and O–H groups in total. The molecule has 1 aromatic carbocycles. The largest absolute Gasteiger partial charge is 0.478 e. The summed E-state index contributed by atoms with van der Waals surface area (Å²) in [6.07, 6.45) is 8.13. The Balaban J connectivity index is 2.03. The van der Waals surface area contributed by atoms with Gasteiger partial charge in [0, 0.05) is 23.9 Å². The van der Waals surface area contributed by atoms with Crippen LogP contribution in [-0.2, 0) is 4.79 Å². The van der Waals surface area contributed by atoms with Crippen molar-refractivity contribution in [3.8, 4) is 11.3 Å². The fourth-order valence-electron chi connectivity index (χ4n) is 4.61. The molecule has 0 spiro atoms. The third-order valence-corrected chi connectivity index (χ3v) is 6.01. The zero-order valence-corrected chi connectivity index (χ0v) is 16.6. The molecule has 150 valence electrons. The number of nitrogens with zero attached hydrogens (tertiary/aromatic N) is 1. The van der Waals surface area contributed by atoms with Crippen LogP contribution in [0.1, 0.15) is 73.5 Å². The van der Waals surface area contributed by atoms with E-state index in [2.05, 4.69) is 4.57 Å². The van der Waals surface area contributed by atoms with Crippen molar-refractivity contribution in [2.75, 3.05) is 0 Å². The number of rotatable bonds is 8. The monoisotopic (exact) mass is 382 g/mol. The van der Waals surface area contributed by atoms with Gasteiger partial charge in [0.15, 0.2) is 0 Å². The molecule has 1 unspecified atom stereocenters. The number of benzene rings is 1. The molecule has 3 rings (SSSR count). The van der Waals surface area contributed by atoms with Gasteiger partial charge in [0.05, 0.1) is 5.56 Å². The van der Waals surface area contributed by atoms with E-state index in [-0.39, 0.29) is 11.9 Å². The lowest BCUT2D eigenvalue weighted by molar-refractivity contribution is -0.118. The summed E-state index contributed by atoms with van der Waals surface area (Å²) in [6, 6.07) is 11.7. The van der Waals surface area contributed by atoms with Crippen molar-refractivity contribution in [2.45, 2.75) is 64.3 Å². The van der Waals surface area contributed by atoms with Gasteiger partial charge >= 0.3 is 5.97 Å². The van der Waals surface area contributed by atoms with E-state index >= 15 is 0 Å². The first kappa shape index (κ1) is 20.2. The minimum absolute atomic E-state index is 0.0684. The smallest absolute Gasteiger partial charge is 0.337 e. The Hall–Kier alpha value is -2.56. The Morgan fingerprint density at radius 1 is 1.18 bits per heavy atom. The molecule has 1 atom stereocenters. The van der Waals surface area contributed by atoms with Crippen LogP contribution < -0.4 is 5.73 Å². The number of hydrogen-bond donors (Lipinski definition) is 2. The molecule has 0 bridgehead atoms. The number of carbonyl (C=O) groups is 2. The summed E-state index contributed by atoms with van der Waals surface area (Å²) < 4.78 is 2.15. The summed E-state index contributed by atoms with van der Waals surface area (Å²) in [5.41, 5.74) is 8.42. The number of carboxylic acids is 1. The van der Waals surface area contributed by atoms with Gasteiger partial charge in [0.25, 0.3) is 0 Å². The molecule has 0 radical (unpaired) electrons. The number of aromatic nitrogens is 1. The van der Waals surface area contributed by atoms with Crippen molar-refractivity contribution >= 4 is 11.9 Å². The van der Waals surface area contributed by atoms with Crippen LogP contribution in [0.4, 0.5) is 0 Å². The second kappa shape index (κ2) is 9.09. The van der Waals surface area contributed by atoms with Crippen LogP contribution in [0, 0.1) is 12.8 Å². The summed E-state index contributed by atoms with van der Waals surface area (Å²) >= 11 is 0. The molecule has 1 saturated carbocycles. The van der Waals surface area contributed by atoms with Crippen LogP contribution >= 0.6 is 0 Å². The van der Waals surface area contributed by atoms with E-state index in [1.807, 2.05) is 37.3 Å². The van der Waals surface area contributed by atoms with Gasteiger partial charge in [0.2, 0.25) is 5.91 Å². The zero-order valence-electron chi connectivity index (χ0n) is 16.6. The van der Waals surface area contributed by atoms with Gasteiger partial charge in [-0.05, 0) is 37.3 Å². The van der Waals surface area contributed by atoms with Crippen LogP contribution in [0.3, 0.4) is 0 Å². The van der Waals surface area contributed by atoms with Crippen molar-refractivity contribution in [2.24, 2.45) is 11.7 Å². The number of hydrogen-bond acceptors (Lipinski definition) is 2. The van der Waals surface area contributed by atoms with Crippen molar-refractivity contribution < 1.29 is 14.7 Å². The molecule has 5 nitrogen and oxygen atoms in total. The van der Waals surface area contributed by atoms with E-state index in [1.165, 1.54) is 32.1 Å². The summed E-state index contributed by atoms with van der Waals surface area (Å²) in [5, 5.41) is 9.68. The molecular formula is C23H30N2O3. The van der Waals surface area contributed by atoms with E-state index in [0.717, 1.165) is 23.4 Å². The first-order chi connectivity index (χ1) is 13.5. The lowest BCUT2D eigenvalue weighted by atomic mass is 9.83. The van der Waals surface area contributed by atoms with E-state index in [4.69, 9.17) is 5.73 Å². The SMILES string of the molecule is Cc1c(C(=O)O)cc(-c2ccccc2)n1C(CCC(N)=O)CC1CCCCC1. The van der Waals surface area contributed by atoms with Crippen molar-refractivity contribution in [1.82, 2.24) is 4.57 Å². The maximum atomic E-state index is 11.8. The minimum Gasteiger partial charge on any atom is -0.478 e. The minimum atomic E-state index is -0.917. The topological polar surface area (TPSA) is 85.3 Å². The molecule has 1 amide bonds. The molecular weight excluding hydrogens is 352 g/mol. The lowest BCUT2D eigenvalue weighted by Gasteiger charge is -2.30. The van der Waals surface area contributed by atoms with Crippen molar-refractivity contribution in [1.29, 1.82) is 0 Å². The average Bonchev–Trinajstić information content (AvgIpc) is 3.04. The number of aromatic carboxylic acids is 1. The Bertz CT molecular complexity index is 820. The third kappa shape index (κ3) is 4.64. The molecule has 1 aliphatic rings. The maximum Gasteiger partial charge on any atom is 0.337 e. The Morgan fingerprint density at radius 2 is 1.86 bits per heavy atom. The predicted octanol–water partition coefficient (Wildman–Crippen LogP) is 4.94. The maximum absolute atomic E-state index is 11.8. The molecule has 28 heavy (non-hydrogen) atoms. The molecule has 1 heterocycles. The van der Waals surface area contributed by atoms with Gasteiger partial charge in [-0.2, -0.15) is 0 Å². The van der Waals surface area contributed by atoms with Gasteiger partial charge < -0.3 is 15.4 Å². The fourth-order valence-corrected chi connectivity index (χ4v) is 4.61. The molecule has 1 aliphatic carbocycles. The van der Waals surface area contributed by atoms with Gasteiger partial charge in [-0.25, -0.2) is 4.79 Å². The second-order valence-corrected chi connectivity index (χ2v) is 7.97. The molecule has 1 fully saturated rings. The van der Waals surface area contributed by atoms with Gasteiger partial charge in [0.1, 0.15) is 0 Å². The Labute approximate surface area is 166 Å². The van der Waals surface area contributed by atoms with Crippen LogP contribution in [0.5, 0.6) is 0 Å². The molecule has 0 saturated heterocycles. The summed E-state index contributed by atoms with van der Waals surface area (Å²) in [7, 11) is 0. The predicted molar refractivity (Wildman–Crippen MR) is 110 cm³/mol. The highest BCUT2D eigenvalue weighted by Crippen LogP contribution is 2.37. The van der Waals surface area contributed by atoms with Crippen LogP contribution in [0.2, 0.25) is 0 Å².